The van der Waals surface area contributed by atoms with Crippen LogP contribution < -0.4 is 5.32 Å². The smallest absolute Gasteiger partial charge is 0.276 e. The van der Waals surface area contributed by atoms with Crippen molar-refractivity contribution in [2.24, 2.45) is 0 Å². The van der Waals surface area contributed by atoms with E-state index in [0.29, 0.717) is 31.4 Å². The van der Waals surface area contributed by atoms with Crippen molar-refractivity contribution in [3.8, 4) is 0 Å². The molecule has 8 heteroatoms. The third-order valence-electron chi connectivity index (χ3n) is 5.30. The lowest BCUT2D eigenvalue weighted by Gasteiger charge is -2.33. The number of aryl methyl sites for hydroxylation is 1. The van der Waals surface area contributed by atoms with Gasteiger partial charge in [-0.15, -0.1) is 17.5 Å². The predicted molar refractivity (Wildman–Crippen MR) is 104 cm³/mol. The molecule has 1 aromatic heterocycles. The maximum atomic E-state index is 12.9. The molecule has 1 unspecified atom stereocenters. The van der Waals surface area contributed by atoms with Crippen molar-refractivity contribution >= 4 is 18.3 Å². The molecule has 0 saturated carbocycles. The molecular formula is C19H26ClN5O2. The summed E-state index contributed by atoms with van der Waals surface area (Å²) >= 11 is 0. The van der Waals surface area contributed by atoms with Gasteiger partial charge in [-0.05, 0) is 44.0 Å². The second kappa shape index (κ2) is 8.82. The molecule has 2 aliphatic rings. The number of halogens is 1. The Labute approximate surface area is 165 Å². The van der Waals surface area contributed by atoms with Gasteiger partial charge < -0.3 is 15.0 Å². The van der Waals surface area contributed by atoms with E-state index in [2.05, 4.69) is 34.7 Å². The van der Waals surface area contributed by atoms with Crippen LogP contribution in [0.15, 0.2) is 30.5 Å². The van der Waals surface area contributed by atoms with E-state index in [-0.39, 0.29) is 24.4 Å². The molecule has 1 atom stereocenters. The second-order valence-electron chi connectivity index (χ2n) is 7.03. The molecule has 0 radical (unpaired) electrons. The zero-order chi connectivity index (χ0) is 17.9. The van der Waals surface area contributed by atoms with Gasteiger partial charge in [0, 0.05) is 6.54 Å². The monoisotopic (exact) mass is 391 g/mol. The minimum absolute atomic E-state index is 0. The molecule has 0 bridgehead atoms. The van der Waals surface area contributed by atoms with Crippen LogP contribution in [0.1, 0.15) is 46.6 Å². The number of morpholine rings is 1. The van der Waals surface area contributed by atoms with Crippen LogP contribution in [0.3, 0.4) is 0 Å². The molecule has 1 aromatic carbocycles. The van der Waals surface area contributed by atoms with Crippen molar-refractivity contribution in [3.05, 3.63) is 47.3 Å². The van der Waals surface area contributed by atoms with Crippen LogP contribution in [0.25, 0.3) is 0 Å². The number of hydrogen-bond acceptors (Lipinski definition) is 5. The third-order valence-corrected chi connectivity index (χ3v) is 5.30. The SMILES string of the molecule is Cc1ccccc1C1CN(C(=O)c2cn(C3CCNCC3)nn2)CCO1.Cl. The highest BCUT2D eigenvalue weighted by atomic mass is 35.5. The topological polar surface area (TPSA) is 72.3 Å². The second-order valence-corrected chi connectivity index (χ2v) is 7.03. The van der Waals surface area contributed by atoms with E-state index in [0.717, 1.165) is 31.5 Å². The molecule has 0 spiro atoms. The minimum Gasteiger partial charge on any atom is -0.370 e. The first kappa shape index (κ1) is 19.8. The lowest BCUT2D eigenvalue weighted by atomic mass is 10.0. The van der Waals surface area contributed by atoms with Gasteiger partial charge in [-0.25, -0.2) is 4.68 Å². The molecule has 0 aliphatic carbocycles. The highest BCUT2D eigenvalue weighted by molar-refractivity contribution is 5.92. The summed E-state index contributed by atoms with van der Waals surface area (Å²) in [5, 5.41) is 11.7. The highest BCUT2D eigenvalue weighted by Crippen LogP contribution is 2.26. The number of piperidine rings is 1. The van der Waals surface area contributed by atoms with Gasteiger partial charge in [-0.2, -0.15) is 0 Å². The van der Waals surface area contributed by atoms with Gasteiger partial charge in [0.05, 0.1) is 25.4 Å². The summed E-state index contributed by atoms with van der Waals surface area (Å²) < 4.78 is 7.77. The molecule has 7 nitrogen and oxygen atoms in total. The molecule has 4 rings (SSSR count). The van der Waals surface area contributed by atoms with Crippen LogP contribution in [-0.2, 0) is 4.74 Å². The van der Waals surface area contributed by atoms with Gasteiger partial charge in [-0.1, -0.05) is 29.5 Å². The van der Waals surface area contributed by atoms with Crippen molar-refractivity contribution in [1.82, 2.24) is 25.2 Å². The van der Waals surface area contributed by atoms with Gasteiger partial charge in [-0.3, -0.25) is 4.79 Å². The lowest BCUT2D eigenvalue weighted by molar-refractivity contribution is -0.0232. The molecule has 2 aliphatic heterocycles. The van der Waals surface area contributed by atoms with Crippen molar-refractivity contribution in [1.29, 1.82) is 0 Å². The number of amides is 1. The van der Waals surface area contributed by atoms with Gasteiger partial charge in [0.25, 0.3) is 5.91 Å². The maximum absolute atomic E-state index is 12.9. The van der Waals surface area contributed by atoms with Crippen LogP contribution >= 0.6 is 12.4 Å². The molecule has 1 amide bonds. The first-order valence-corrected chi connectivity index (χ1v) is 9.31. The summed E-state index contributed by atoms with van der Waals surface area (Å²) in [5.74, 6) is -0.0629. The average molecular weight is 392 g/mol. The van der Waals surface area contributed by atoms with Crippen molar-refractivity contribution in [2.75, 3.05) is 32.8 Å². The quantitative estimate of drug-likeness (QED) is 0.867. The zero-order valence-electron chi connectivity index (χ0n) is 15.5. The van der Waals surface area contributed by atoms with Crippen molar-refractivity contribution < 1.29 is 9.53 Å². The fourth-order valence-corrected chi connectivity index (χ4v) is 3.76. The predicted octanol–water partition coefficient (Wildman–Crippen LogP) is 2.15. The standard InChI is InChI=1S/C19H25N5O2.ClH/c1-14-4-2-3-5-16(14)18-13-23(10-11-26-18)19(25)17-12-24(22-21-17)15-6-8-20-9-7-15;/h2-5,12,15,18,20H,6-11,13H2,1H3;1H. The van der Waals surface area contributed by atoms with E-state index in [1.807, 2.05) is 21.7 Å². The highest BCUT2D eigenvalue weighted by Gasteiger charge is 2.29. The Morgan fingerprint density at radius 2 is 2.04 bits per heavy atom. The molecule has 1 N–H and O–H groups in total. The van der Waals surface area contributed by atoms with E-state index < -0.39 is 0 Å². The summed E-state index contributed by atoms with van der Waals surface area (Å²) in [7, 11) is 0. The maximum Gasteiger partial charge on any atom is 0.276 e. The van der Waals surface area contributed by atoms with Gasteiger partial charge in [0.1, 0.15) is 6.10 Å². The number of nitrogens with zero attached hydrogens (tertiary/aromatic N) is 4. The fraction of sp³-hybridized carbons (Fsp3) is 0.526. The molecule has 2 aromatic rings. The number of ether oxygens (including phenoxy) is 1. The summed E-state index contributed by atoms with van der Waals surface area (Å²) in [5.41, 5.74) is 2.75. The average Bonchev–Trinajstić information content (AvgIpc) is 3.19. The van der Waals surface area contributed by atoms with Crippen LogP contribution in [0.4, 0.5) is 0 Å². The first-order chi connectivity index (χ1) is 12.7. The van der Waals surface area contributed by atoms with Crippen LogP contribution in [-0.4, -0.2) is 58.6 Å². The lowest BCUT2D eigenvalue weighted by Crippen LogP contribution is -2.42. The Morgan fingerprint density at radius 1 is 1.26 bits per heavy atom. The molecular weight excluding hydrogens is 366 g/mol. The molecule has 146 valence electrons. The summed E-state index contributed by atoms with van der Waals surface area (Å²) in [6.45, 7) is 5.70. The van der Waals surface area contributed by atoms with Crippen LogP contribution in [0, 0.1) is 6.92 Å². The third kappa shape index (κ3) is 4.31. The molecule has 2 fully saturated rings. The molecule has 27 heavy (non-hydrogen) atoms. The Bertz CT molecular complexity index is 775. The Balaban J connectivity index is 0.00000210. The van der Waals surface area contributed by atoms with E-state index in [1.165, 1.54) is 5.56 Å². The van der Waals surface area contributed by atoms with Crippen LogP contribution in [0.2, 0.25) is 0 Å². The summed E-state index contributed by atoms with van der Waals surface area (Å²) in [6, 6.07) is 8.50. The number of carbonyl (C=O) groups excluding carboxylic acids is 1. The van der Waals surface area contributed by atoms with E-state index >= 15 is 0 Å². The van der Waals surface area contributed by atoms with Gasteiger partial charge >= 0.3 is 0 Å². The minimum atomic E-state index is -0.0895. The number of carbonyl (C=O) groups is 1. The molecule has 3 heterocycles. The van der Waals surface area contributed by atoms with E-state index in [4.69, 9.17) is 4.74 Å². The Morgan fingerprint density at radius 3 is 2.81 bits per heavy atom. The largest absolute Gasteiger partial charge is 0.370 e. The van der Waals surface area contributed by atoms with Crippen LogP contribution in [0.5, 0.6) is 0 Å². The van der Waals surface area contributed by atoms with Gasteiger partial charge in [0.2, 0.25) is 0 Å². The summed E-state index contributed by atoms with van der Waals surface area (Å²) in [4.78, 5) is 14.7. The zero-order valence-corrected chi connectivity index (χ0v) is 16.3. The van der Waals surface area contributed by atoms with E-state index in [1.54, 1.807) is 6.20 Å². The number of aromatic nitrogens is 3. The number of rotatable bonds is 3. The normalized spacial score (nSPS) is 20.9. The van der Waals surface area contributed by atoms with E-state index in [9.17, 15) is 4.79 Å². The van der Waals surface area contributed by atoms with Gasteiger partial charge in [0.15, 0.2) is 5.69 Å². The molecule has 2 saturated heterocycles. The number of nitrogens with one attached hydrogen (secondary N) is 1. The number of hydrogen-bond donors (Lipinski definition) is 1. The fourth-order valence-electron chi connectivity index (χ4n) is 3.76. The first-order valence-electron chi connectivity index (χ1n) is 9.31. The van der Waals surface area contributed by atoms with Crippen molar-refractivity contribution in [2.45, 2.75) is 31.9 Å². The summed E-state index contributed by atoms with van der Waals surface area (Å²) in [6.07, 6.45) is 3.75. The number of benzene rings is 1. The Kier molecular flexibility index (Phi) is 6.46. The Hall–Kier alpha value is -1.96. The van der Waals surface area contributed by atoms with Crippen molar-refractivity contribution in [3.63, 3.8) is 0 Å².